The Labute approximate surface area is 176 Å². The standard InChI is InChI=1S/C21H19F4N3OS/c1-4-14-10-13(11-16(22)19(14)26-3)12-27-18(29)9-7-15-6-8-17(21(23,24)25)28-20(15)30-5-2/h1,6-11,26H,5,12H2,2-3H3,(H,27,29)/b9-7+. The number of hydrogen-bond acceptors (Lipinski definition) is 4. The maximum atomic E-state index is 14.1. The number of thioether (sulfide) groups is 1. The molecule has 30 heavy (non-hydrogen) atoms. The van der Waals surface area contributed by atoms with Gasteiger partial charge in [0.25, 0.3) is 0 Å². The van der Waals surface area contributed by atoms with Crippen LogP contribution >= 0.6 is 11.8 Å². The predicted octanol–water partition coefficient (Wildman–Crippen LogP) is 4.70. The lowest BCUT2D eigenvalue weighted by atomic mass is 10.1. The van der Waals surface area contributed by atoms with Gasteiger partial charge in [0.1, 0.15) is 16.5 Å². The number of pyridine rings is 1. The summed E-state index contributed by atoms with van der Waals surface area (Å²) in [5, 5.41) is 5.44. The van der Waals surface area contributed by atoms with Crippen LogP contribution < -0.4 is 10.6 Å². The molecule has 0 aliphatic heterocycles. The topological polar surface area (TPSA) is 54.0 Å². The summed E-state index contributed by atoms with van der Waals surface area (Å²) < 4.78 is 52.6. The first kappa shape index (κ1) is 23.3. The van der Waals surface area contributed by atoms with Crippen molar-refractivity contribution in [2.75, 3.05) is 18.1 Å². The molecule has 2 rings (SSSR count). The van der Waals surface area contributed by atoms with Crippen LogP contribution in [0.3, 0.4) is 0 Å². The fourth-order valence-corrected chi connectivity index (χ4v) is 3.27. The van der Waals surface area contributed by atoms with Crippen molar-refractivity contribution in [3.8, 4) is 12.3 Å². The highest BCUT2D eigenvalue weighted by molar-refractivity contribution is 7.99. The molecule has 0 saturated heterocycles. The number of alkyl halides is 3. The Bertz CT molecular complexity index is 997. The second-order valence-electron chi connectivity index (χ2n) is 5.97. The normalized spacial score (nSPS) is 11.4. The van der Waals surface area contributed by atoms with Gasteiger partial charge in [0, 0.05) is 25.2 Å². The van der Waals surface area contributed by atoms with E-state index >= 15 is 0 Å². The first-order valence-electron chi connectivity index (χ1n) is 8.83. The molecular weight excluding hydrogens is 418 g/mol. The van der Waals surface area contributed by atoms with Crippen LogP contribution in [-0.4, -0.2) is 23.7 Å². The van der Waals surface area contributed by atoms with Gasteiger partial charge in [0.15, 0.2) is 0 Å². The van der Waals surface area contributed by atoms with Crippen LogP contribution in [0.4, 0.5) is 23.2 Å². The number of rotatable bonds is 7. The summed E-state index contributed by atoms with van der Waals surface area (Å²) in [6.45, 7) is 1.82. The van der Waals surface area contributed by atoms with E-state index in [9.17, 15) is 22.4 Å². The van der Waals surface area contributed by atoms with E-state index in [4.69, 9.17) is 6.42 Å². The molecule has 9 heteroatoms. The lowest BCUT2D eigenvalue weighted by molar-refractivity contribution is -0.141. The number of anilines is 1. The highest BCUT2D eigenvalue weighted by atomic mass is 32.2. The van der Waals surface area contributed by atoms with Crippen LogP contribution in [0.5, 0.6) is 0 Å². The van der Waals surface area contributed by atoms with Gasteiger partial charge in [-0.05, 0) is 35.6 Å². The van der Waals surface area contributed by atoms with Gasteiger partial charge in [0.2, 0.25) is 5.91 Å². The molecule has 0 spiro atoms. The quantitative estimate of drug-likeness (QED) is 0.285. The third-order valence-corrected chi connectivity index (χ3v) is 4.79. The molecule has 0 unspecified atom stereocenters. The largest absolute Gasteiger partial charge is 0.433 e. The van der Waals surface area contributed by atoms with Crippen molar-refractivity contribution in [2.45, 2.75) is 24.7 Å². The van der Waals surface area contributed by atoms with Gasteiger partial charge in [-0.2, -0.15) is 13.2 Å². The molecule has 2 N–H and O–H groups in total. The molecule has 1 aromatic carbocycles. The van der Waals surface area contributed by atoms with Crippen molar-refractivity contribution in [2.24, 2.45) is 0 Å². The van der Waals surface area contributed by atoms with Gasteiger partial charge in [-0.3, -0.25) is 4.79 Å². The van der Waals surface area contributed by atoms with Crippen molar-refractivity contribution in [1.82, 2.24) is 10.3 Å². The Morgan fingerprint density at radius 3 is 2.67 bits per heavy atom. The second-order valence-corrected chi connectivity index (χ2v) is 7.22. The summed E-state index contributed by atoms with van der Waals surface area (Å²) in [5.41, 5.74) is 0.401. The number of halogens is 4. The summed E-state index contributed by atoms with van der Waals surface area (Å²) >= 11 is 1.14. The van der Waals surface area contributed by atoms with E-state index < -0.39 is 23.6 Å². The van der Waals surface area contributed by atoms with E-state index in [0.717, 1.165) is 17.8 Å². The van der Waals surface area contributed by atoms with Crippen LogP contribution in [0.1, 0.15) is 29.3 Å². The first-order chi connectivity index (χ1) is 14.2. The third kappa shape index (κ3) is 6.00. The Hall–Kier alpha value is -2.99. The number of amides is 1. The summed E-state index contributed by atoms with van der Waals surface area (Å²) in [4.78, 5) is 15.7. The number of nitrogens with one attached hydrogen (secondary N) is 2. The minimum absolute atomic E-state index is 0.0284. The Morgan fingerprint density at radius 2 is 2.07 bits per heavy atom. The van der Waals surface area contributed by atoms with Crippen molar-refractivity contribution in [3.63, 3.8) is 0 Å². The molecule has 158 valence electrons. The molecule has 0 aliphatic carbocycles. The molecule has 1 amide bonds. The Kier molecular flexibility index (Phi) is 7.89. The predicted molar refractivity (Wildman–Crippen MR) is 110 cm³/mol. The molecule has 0 aliphatic rings. The molecular formula is C21H19F4N3OS. The summed E-state index contributed by atoms with van der Waals surface area (Å²) in [5.74, 6) is 1.86. The molecule has 4 nitrogen and oxygen atoms in total. The maximum absolute atomic E-state index is 14.1. The maximum Gasteiger partial charge on any atom is 0.433 e. The summed E-state index contributed by atoms with van der Waals surface area (Å²) in [6, 6.07) is 4.97. The van der Waals surface area contributed by atoms with Gasteiger partial charge in [0.05, 0.1) is 11.3 Å². The van der Waals surface area contributed by atoms with Crippen LogP contribution in [0.25, 0.3) is 6.08 Å². The number of terminal acetylenes is 1. The zero-order chi connectivity index (χ0) is 22.3. The average Bonchev–Trinajstić information content (AvgIpc) is 2.70. The SMILES string of the molecule is C#Cc1cc(CNC(=O)/C=C/c2ccc(C(F)(F)F)nc2SCC)cc(F)c1NC. The molecule has 0 saturated carbocycles. The molecule has 0 radical (unpaired) electrons. The fraction of sp³-hybridized carbons (Fsp3) is 0.238. The fourth-order valence-electron chi connectivity index (χ4n) is 2.53. The smallest absolute Gasteiger partial charge is 0.385 e. The lowest BCUT2D eigenvalue weighted by Crippen LogP contribution is -2.20. The number of aromatic nitrogens is 1. The average molecular weight is 437 g/mol. The third-order valence-electron chi connectivity index (χ3n) is 3.90. The van der Waals surface area contributed by atoms with Crippen molar-refractivity contribution in [3.05, 3.63) is 58.5 Å². The van der Waals surface area contributed by atoms with Gasteiger partial charge in [-0.25, -0.2) is 9.37 Å². The monoisotopic (exact) mass is 437 g/mol. The van der Waals surface area contributed by atoms with Crippen LogP contribution in [0, 0.1) is 18.2 Å². The molecule has 1 heterocycles. The number of nitrogens with zero attached hydrogens (tertiary/aromatic N) is 1. The Morgan fingerprint density at radius 1 is 1.33 bits per heavy atom. The number of benzene rings is 1. The van der Waals surface area contributed by atoms with Gasteiger partial charge < -0.3 is 10.6 Å². The van der Waals surface area contributed by atoms with Crippen molar-refractivity contribution in [1.29, 1.82) is 0 Å². The zero-order valence-electron chi connectivity index (χ0n) is 16.2. The summed E-state index contributed by atoms with van der Waals surface area (Å²) in [7, 11) is 1.55. The van der Waals surface area contributed by atoms with Crippen LogP contribution in [-0.2, 0) is 17.5 Å². The van der Waals surface area contributed by atoms with Crippen molar-refractivity contribution < 1.29 is 22.4 Å². The molecule has 1 aromatic heterocycles. The lowest BCUT2D eigenvalue weighted by Gasteiger charge is -2.10. The number of carbonyl (C=O) groups is 1. The highest BCUT2D eigenvalue weighted by Crippen LogP contribution is 2.31. The zero-order valence-corrected chi connectivity index (χ0v) is 17.0. The second kappa shape index (κ2) is 10.2. The van der Waals surface area contributed by atoms with Crippen molar-refractivity contribution >= 4 is 29.4 Å². The van der Waals surface area contributed by atoms with Gasteiger partial charge >= 0.3 is 6.18 Å². The van der Waals surface area contributed by atoms with E-state index in [1.54, 1.807) is 20.0 Å². The molecule has 0 bridgehead atoms. The van der Waals surface area contributed by atoms with E-state index in [2.05, 4.69) is 21.5 Å². The Balaban J connectivity index is 2.12. The van der Waals surface area contributed by atoms with E-state index in [1.165, 1.54) is 24.3 Å². The number of hydrogen-bond donors (Lipinski definition) is 2. The minimum Gasteiger partial charge on any atom is -0.385 e. The summed E-state index contributed by atoms with van der Waals surface area (Å²) in [6.07, 6.45) is 3.40. The molecule has 2 aromatic rings. The van der Waals surface area contributed by atoms with Crippen LogP contribution in [0.2, 0.25) is 0 Å². The molecule has 0 atom stereocenters. The number of carbonyl (C=O) groups excluding carboxylic acids is 1. The first-order valence-corrected chi connectivity index (χ1v) is 9.81. The minimum atomic E-state index is -4.54. The van der Waals surface area contributed by atoms with E-state index in [-0.39, 0.29) is 17.3 Å². The van der Waals surface area contributed by atoms with Gasteiger partial charge in [-0.15, -0.1) is 18.2 Å². The van der Waals surface area contributed by atoms with E-state index in [1.807, 2.05) is 0 Å². The van der Waals surface area contributed by atoms with Gasteiger partial charge in [-0.1, -0.05) is 18.9 Å². The van der Waals surface area contributed by atoms with Crippen LogP contribution in [0.15, 0.2) is 35.4 Å². The van der Waals surface area contributed by atoms with E-state index in [0.29, 0.717) is 22.4 Å². The highest BCUT2D eigenvalue weighted by Gasteiger charge is 2.32. The molecule has 0 fully saturated rings.